The van der Waals surface area contributed by atoms with Gasteiger partial charge in [0.1, 0.15) is 5.82 Å². The number of hydrogen-bond acceptors (Lipinski definition) is 0. The molecule has 2 aromatic carbocycles. The van der Waals surface area contributed by atoms with Crippen LogP contribution in [0.3, 0.4) is 0 Å². The van der Waals surface area contributed by atoms with Gasteiger partial charge in [0, 0.05) is 4.83 Å². The zero-order valence-electron chi connectivity index (χ0n) is 9.64. The molecule has 0 amide bonds. The quantitative estimate of drug-likeness (QED) is 0.534. The molecule has 0 heterocycles. The zero-order chi connectivity index (χ0) is 14.0. The fraction of sp³-hybridized carbons (Fsp3) is 0.143. The molecule has 100 valence electrons. The molecule has 19 heavy (non-hydrogen) atoms. The number of rotatable bonds is 3. The van der Waals surface area contributed by atoms with Gasteiger partial charge in [-0.25, -0.2) is 4.39 Å². The summed E-state index contributed by atoms with van der Waals surface area (Å²) in [6, 6.07) is 10.2. The van der Waals surface area contributed by atoms with Gasteiger partial charge in [-0.2, -0.15) is 0 Å². The fourth-order valence-electron chi connectivity index (χ4n) is 1.70. The topological polar surface area (TPSA) is 0 Å². The lowest BCUT2D eigenvalue weighted by Gasteiger charge is -2.11. The molecule has 1 unspecified atom stereocenters. The van der Waals surface area contributed by atoms with Gasteiger partial charge in [0.15, 0.2) is 0 Å². The van der Waals surface area contributed by atoms with Gasteiger partial charge in [0.25, 0.3) is 0 Å². The lowest BCUT2D eigenvalue weighted by Crippen LogP contribution is -1.96. The van der Waals surface area contributed by atoms with Gasteiger partial charge in [-0.3, -0.25) is 0 Å². The Morgan fingerprint density at radius 1 is 0.947 bits per heavy atom. The monoisotopic (exact) mass is 380 g/mol. The van der Waals surface area contributed by atoms with Gasteiger partial charge in [-0.05, 0) is 41.8 Å². The van der Waals surface area contributed by atoms with Crippen molar-refractivity contribution in [2.45, 2.75) is 11.2 Å². The third-order valence-corrected chi connectivity index (χ3v) is 4.60. The van der Waals surface area contributed by atoms with Crippen LogP contribution in [0, 0.1) is 5.82 Å². The van der Waals surface area contributed by atoms with Crippen molar-refractivity contribution in [3.63, 3.8) is 0 Å². The molecule has 0 radical (unpaired) electrons. The van der Waals surface area contributed by atoms with Crippen molar-refractivity contribution in [1.29, 1.82) is 0 Å². The first-order chi connectivity index (χ1) is 8.97. The summed E-state index contributed by atoms with van der Waals surface area (Å²) >= 11 is 21.0. The zero-order valence-corrected chi connectivity index (χ0v) is 13.5. The molecule has 0 fully saturated rings. The van der Waals surface area contributed by atoms with Crippen molar-refractivity contribution in [1.82, 2.24) is 0 Å². The molecular weight excluding hydrogens is 373 g/mol. The summed E-state index contributed by atoms with van der Waals surface area (Å²) in [4.78, 5) is -0.0171. The minimum Gasteiger partial charge on any atom is -0.205 e. The van der Waals surface area contributed by atoms with Crippen LogP contribution in [0.25, 0.3) is 0 Å². The summed E-state index contributed by atoms with van der Waals surface area (Å²) in [5.74, 6) is -0.419. The van der Waals surface area contributed by atoms with E-state index in [-0.39, 0.29) is 9.85 Å². The van der Waals surface area contributed by atoms with Crippen molar-refractivity contribution < 1.29 is 4.39 Å². The fourth-order valence-corrected chi connectivity index (χ4v) is 2.80. The highest BCUT2D eigenvalue weighted by atomic mass is 79.9. The molecule has 0 aliphatic heterocycles. The molecule has 0 aromatic heterocycles. The first-order valence-corrected chi connectivity index (χ1v) is 7.55. The Morgan fingerprint density at radius 3 is 2.26 bits per heavy atom. The van der Waals surface area contributed by atoms with Crippen LogP contribution in [0.15, 0.2) is 36.4 Å². The summed E-state index contributed by atoms with van der Waals surface area (Å²) < 4.78 is 13.4. The Balaban J connectivity index is 2.17. The number of halogens is 5. The molecule has 0 bridgehead atoms. The lowest BCUT2D eigenvalue weighted by atomic mass is 10.0. The number of benzene rings is 2. The maximum Gasteiger partial charge on any atom is 0.142 e. The van der Waals surface area contributed by atoms with Crippen LogP contribution in [0.1, 0.15) is 16.0 Å². The van der Waals surface area contributed by atoms with E-state index in [1.807, 2.05) is 12.1 Å². The van der Waals surface area contributed by atoms with Gasteiger partial charge >= 0.3 is 0 Å². The Bertz CT molecular complexity index is 601. The van der Waals surface area contributed by atoms with Gasteiger partial charge in [0.2, 0.25) is 0 Å². The Labute approximate surface area is 134 Å². The standard InChI is InChI=1S/C14H9BrCl3F/c15-10(9-2-4-12(17)14(19)7-9)5-8-1-3-11(16)13(18)6-8/h1-4,6-7,10H,5H2. The average molecular weight is 382 g/mol. The van der Waals surface area contributed by atoms with Crippen molar-refractivity contribution in [3.8, 4) is 0 Å². The molecule has 2 aromatic rings. The molecule has 0 spiro atoms. The van der Waals surface area contributed by atoms with Crippen LogP contribution in [-0.4, -0.2) is 0 Å². The van der Waals surface area contributed by atoms with Crippen LogP contribution < -0.4 is 0 Å². The molecule has 0 nitrogen and oxygen atoms in total. The second-order valence-corrected chi connectivity index (χ2v) is 6.42. The van der Waals surface area contributed by atoms with Crippen LogP contribution in [-0.2, 0) is 6.42 Å². The summed E-state index contributed by atoms with van der Waals surface area (Å²) in [6.07, 6.45) is 0.679. The van der Waals surface area contributed by atoms with Crippen molar-refractivity contribution in [2.75, 3.05) is 0 Å². The predicted octanol–water partition coefficient (Wildman–Crippen LogP) is 6.46. The second-order valence-electron chi connectivity index (χ2n) is 4.09. The van der Waals surface area contributed by atoms with Gasteiger partial charge in [0.05, 0.1) is 15.1 Å². The summed E-state index contributed by atoms with van der Waals surface area (Å²) in [7, 11) is 0. The summed E-state index contributed by atoms with van der Waals surface area (Å²) in [5.41, 5.74) is 1.85. The highest BCUT2D eigenvalue weighted by Crippen LogP contribution is 2.31. The Hall–Kier alpha value is -0.280. The minimum atomic E-state index is -0.419. The second kappa shape index (κ2) is 6.45. The SMILES string of the molecule is Fc1cc(C(Br)Cc2ccc(Cl)c(Cl)c2)ccc1Cl. The molecule has 0 N–H and O–H groups in total. The van der Waals surface area contributed by atoms with Gasteiger partial charge < -0.3 is 0 Å². The number of alkyl halides is 1. The van der Waals surface area contributed by atoms with Crippen LogP contribution in [0.4, 0.5) is 4.39 Å². The maximum atomic E-state index is 13.4. The van der Waals surface area contributed by atoms with E-state index < -0.39 is 5.82 Å². The van der Waals surface area contributed by atoms with Crippen molar-refractivity contribution >= 4 is 50.7 Å². The Kier molecular flexibility index (Phi) is 5.13. The van der Waals surface area contributed by atoms with Gasteiger partial charge in [-0.15, -0.1) is 0 Å². The van der Waals surface area contributed by atoms with Crippen LogP contribution in [0.5, 0.6) is 0 Å². The molecule has 0 aliphatic carbocycles. The Morgan fingerprint density at radius 2 is 1.63 bits per heavy atom. The van der Waals surface area contributed by atoms with E-state index in [1.165, 1.54) is 6.07 Å². The number of hydrogen-bond donors (Lipinski definition) is 0. The molecule has 0 saturated heterocycles. The van der Waals surface area contributed by atoms with E-state index in [0.29, 0.717) is 16.5 Å². The molecule has 2 rings (SSSR count). The lowest BCUT2D eigenvalue weighted by molar-refractivity contribution is 0.625. The van der Waals surface area contributed by atoms with E-state index in [0.717, 1.165) is 11.1 Å². The van der Waals surface area contributed by atoms with E-state index in [4.69, 9.17) is 34.8 Å². The molecular formula is C14H9BrCl3F. The average Bonchev–Trinajstić information content (AvgIpc) is 2.37. The van der Waals surface area contributed by atoms with E-state index in [2.05, 4.69) is 15.9 Å². The largest absolute Gasteiger partial charge is 0.205 e. The maximum absolute atomic E-state index is 13.4. The summed E-state index contributed by atoms with van der Waals surface area (Å²) in [6.45, 7) is 0. The van der Waals surface area contributed by atoms with E-state index in [1.54, 1.807) is 18.2 Å². The van der Waals surface area contributed by atoms with E-state index in [9.17, 15) is 4.39 Å². The smallest absolute Gasteiger partial charge is 0.142 e. The molecule has 1 atom stereocenters. The predicted molar refractivity (Wildman–Crippen MR) is 83.2 cm³/mol. The molecule has 0 aliphatic rings. The molecule has 5 heteroatoms. The molecule has 0 saturated carbocycles. The van der Waals surface area contributed by atoms with E-state index >= 15 is 0 Å². The minimum absolute atomic E-state index is 0.0171. The first kappa shape index (κ1) is 15.1. The van der Waals surface area contributed by atoms with Crippen molar-refractivity contribution in [3.05, 3.63) is 68.4 Å². The third kappa shape index (κ3) is 3.85. The normalized spacial score (nSPS) is 12.5. The summed E-state index contributed by atoms with van der Waals surface area (Å²) in [5, 5.41) is 1.16. The van der Waals surface area contributed by atoms with Gasteiger partial charge in [-0.1, -0.05) is 62.9 Å². The first-order valence-electron chi connectivity index (χ1n) is 5.50. The van der Waals surface area contributed by atoms with Crippen LogP contribution >= 0.6 is 50.7 Å². The van der Waals surface area contributed by atoms with Crippen LogP contribution in [0.2, 0.25) is 15.1 Å². The highest BCUT2D eigenvalue weighted by molar-refractivity contribution is 9.09. The highest BCUT2D eigenvalue weighted by Gasteiger charge is 2.11. The third-order valence-electron chi connectivity index (χ3n) is 2.70. The van der Waals surface area contributed by atoms with Crippen molar-refractivity contribution in [2.24, 2.45) is 0 Å².